The number of amides is 1. The van der Waals surface area contributed by atoms with Crippen molar-refractivity contribution in [2.24, 2.45) is 0 Å². The van der Waals surface area contributed by atoms with Gasteiger partial charge in [-0.05, 0) is 40.8 Å². The van der Waals surface area contributed by atoms with Crippen molar-refractivity contribution in [2.45, 2.75) is 31.6 Å². The molecule has 0 aliphatic carbocycles. The summed E-state index contributed by atoms with van der Waals surface area (Å²) >= 11 is 0. The second kappa shape index (κ2) is 12.0. The Morgan fingerprint density at radius 2 is 1.89 bits per heavy atom. The number of alkyl halides is 3. The molecule has 4 N–H and O–H groups in total. The average molecular weight is 536 g/mol. The number of nitrogens with zero attached hydrogens (tertiary/aromatic N) is 2. The zero-order valence-electron chi connectivity index (χ0n) is 20.3. The van der Waals surface area contributed by atoms with E-state index in [1.54, 1.807) is 30.3 Å². The maximum Gasteiger partial charge on any atom is 0.508 e. The third-order valence-corrected chi connectivity index (χ3v) is 6.69. The number of methoxy groups -OCH3 is 1. The van der Waals surface area contributed by atoms with Gasteiger partial charge in [0.25, 0.3) is 5.91 Å². The van der Waals surface area contributed by atoms with Crippen LogP contribution in [0.1, 0.15) is 34.8 Å². The van der Waals surface area contributed by atoms with Crippen LogP contribution in [0.25, 0.3) is 0 Å². The van der Waals surface area contributed by atoms with E-state index in [-0.39, 0.29) is 17.2 Å². The summed E-state index contributed by atoms with van der Waals surface area (Å²) in [6.45, 7) is 1.82. The lowest BCUT2D eigenvalue weighted by Gasteiger charge is -2.17. The lowest BCUT2D eigenvalue weighted by atomic mass is 10.1. The Kier molecular flexibility index (Phi) is 9.01. The molecule has 0 aliphatic heterocycles. The third kappa shape index (κ3) is 6.93. The Hall–Kier alpha value is -3.76. The standard InChI is InChI=1S/C24H25F3N5O4P/c1-4-15(37(34)35)11-14-9-10-19(20(12-14)36-3)31-23-29-13-17(24(25,26)27)21(32-23)30-18-8-6-5-7-16(18)22(33)28-2/h5-10,12-13,15H,4,11H2,1-3H3,(H3-,28,29,30,31,32,33,34,35)/p+1. The molecule has 2 atom stereocenters. The summed E-state index contributed by atoms with van der Waals surface area (Å²) < 4.78 is 58.0. The number of halogens is 3. The number of ether oxygens (including phenoxy) is 1. The lowest BCUT2D eigenvalue weighted by Crippen LogP contribution is -2.20. The molecule has 0 aliphatic rings. The number of para-hydroxylation sites is 1. The number of hydrogen-bond donors (Lipinski definition) is 4. The molecule has 3 rings (SSSR count). The highest BCUT2D eigenvalue weighted by molar-refractivity contribution is 7.38. The van der Waals surface area contributed by atoms with Gasteiger partial charge < -0.3 is 20.7 Å². The van der Waals surface area contributed by atoms with Gasteiger partial charge in [0.2, 0.25) is 5.95 Å². The number of carbonyl (C=O) groups is 1. The molecular weight excluding hydrogens is 510 g/mol. The van der Waals surface area contributed by atoms with Crippen molar-refractivity contribution in [3.8, 4) is 5.75 Å². The van der Waals surface area contributed by atoms with Crippen molar-refractivity contribution in [1.29, 1.82) is 0 Å². The van der Waals surface area contributed by atoms with Gasteiger partial charge in [-0.3, -0.25) is 4.79 Å². The van der Waals surface area contributed by atoms with Crippen molar-refractivity contribution in [3.63, 3.8) is 0 Å². The summed E-state index contributed by atoms with van der Waals surface area (Å²) in [4.78, 5) is 29.5. The predicted octanol–water partition coefficient (Wildman–Crippen LogP) is 5.41. The highest BCUT2D eigenvalue weighted by Crippen LogP contribution is 2.37. The SMILES string of the molecule is CCC(Cc1ccc(Nc2ncc(C(F)(F)F)c(Nc3ccccc3C(=O)NC)n2)c(OC)c1)[P+](=O)O. The number of benzene rings is 2. The van der Waals surface area contributed by atoms with Gasteiger partial charge in [0.1, 0.15) is 17.1 Å². The van der Waals surface area contributed by atoms with Crippen LogP contribution in [0.15, 0.2) is 48.7 Å². The van der Waals surface area contributed by atoms with Gasteiger partial charge in [0.15, 0.2) is 5.66 Å². The van der Waals surface area contributed by atoms with E-state index in [1.807, 2.05) is 6.92 Å². The maximum absolute atomic E-state index is 13.7. The van der Waals surface area contributed by atoms with Crippen molar-refractivity contribution >= 4 is 37.1 Å². The van der Waals surface area contributed by atoms with E-state index >= 15 is 0 Å². The molecule has 9 nitrogen and oxygen atoms in total. The van der Waals surface area contributed by atoms with Crippen molar-refractivity contribution in [1.82, 2.24) is 15.3 Å². The van der Waals surface area contributed by atoms with Crippen LogP contribution >= 0.6 is 8.03 Å². The van der Waals surface area contributed by atoms with E-state index in [4.69, 9.17) is 4.74 Å². The fourth-order valence-corrected chi connectivity index (χ4v) is 4.21. The Morgan fingerprint density at radius 3 is 2.51 bits per heavy atom. The second-order valence-corrected chi connectivity index (χ2v) is 9.27. The van der Waals surface area contributed by atoms with E-state index in [2.05, 4.69) is 25.9 Å². The molecule has 196 valence electrons. The van der Waals surface area contributed by atoms with E-state index in [1.165, 1.54) is 26.3 Å². The smallest absolute Gasteiger partial charge is 0.495 e. The predicted molar refractivity (Wildman–Crippen MR) is 134 cm³/mol. The summed E-state index contributed by atoms with van der Waals surface area (Å²) in [5.41, 5.74) is -0.124. The van der Waals surface area contributed by atoms with Crippen molar-refractivity contribution < 1.29 is 32.2 Å². The van der Waals surface area contributed by atoms with Crippen LogP contribution in [-0.2, 0) is 17.2 Å². The molecule has 0 saturated carbocycles. The molecule has 3 aromatic rings. The zero-order valence-corrected chi connectivity index (χ0v) is 21.2. The van der Waals surface area contributed by atoms with Gasteiger partial charge in [-0.25, -0.2) is 4.98 Å². The highest BCUT2D eigenvalue weighted by Gasteiger charge is 2.36. The molecule has 0 saturated heterocycles. The third-order valence-electron chi connectivity index (χ3n) is 5.51. The molecule has 1 aromatic heterocycles. The number of hydrogen-bond acceptors (Lipinski definition) is 7. The first kappa shape index (κ1) is 27.8. The van der Waals surface area contributed by atoms with Crippen molar-refractivity contribution in [2.75, 3.05) is 24.8 Å². The number of rotatable bonds is 10. The van der Waals surface area contributed by atoms with Crippen LogP contribution in [0.3, 0.4) is 0 Å². The van der Waals surface area contributed by atoms with Gasteiger partial charge in [-0.15, -0.1) is 0 Å². The van der Waals surface area contributed by atoms with E-state index in [9.17, 15) is 27.4 Å². The Morgan fingerprint density at radius 1 is 1.16 bits per heavy atom. The Labute approximate surface area is 212 Å². The van der Waals surface area contributed by atoms with Gasteiger partial charge in [0, 0.05) is 19.7 Å². The van der Waals surface area contributed by atoms with Crippen LogP contribution in [0.4, 0.5) is 36.3 Å². The molecule has 1 heterocycles. The van der Waals surface area contributed by atoms with Crippen LogP contribution < -0.4 is 20.7 Å². The van der Waals surface area contributed by atoms with Gasteiger partial charge in [-0.1, -0.05) is 25.1 Å². The number of aromatic nitrogens is 2. The minimum atomic E-state index is -4.76. The Bertz CT molecular complexity index is 1290. The fraction of sp³-hybridized carbons (Fsp3) is 0.292. The molecule has 1 amide bonds. The molecule has 2 aromatic carbocycles. The first-order chi connectivity index (χ1) is 17.6. The van der Waals surface area contributed by atoms with E-state index in [0.717, 1.165) is 5.56 Å². The zero-order chi connectivity index (χ0) is 27.2. The van der Waals surface area contributed by atoms with Gasteiger partial charge in [0.05, 0.1) is 24.0 Å². The quantitative estimate of drug-likeness (QED) is 0.254. The van der Waals surface area contributed by atoms with Crippen LogP contribution in [0.2, 0.25) is 0 Å². The van der Waals surface area contributed by atoms with Crippen LogP contribution in [0, 0.1) is 0 Å². The summed E-state index contributed by atoms with van der Waals surface area (Å²) in [6.07, 6.45) is -3.24. The summed E-state index contributed by atoms with van der Waals surface area (Å²) in [5, 5.41) is 7.91. The normalized spacial score (nSPS) is 12.5. The maximum atomic E-state index is 13.7. The lowest BCUT2D eigenvalue weighted by molar-refractivity contribution is -0.137. The minimum absolute atomic E-state index is 0.131. The first-order valence-corrected chi connectivity index (χ1v) is 12.5. The van der Waals surface area contributed by atoms with E-state index < -0.39 is 37.2 Å². The van der Waals surface area contributed by atoms with Crippen LogP contribution in [-0.4, -0.2) is 40.6 Å². The van der Waals surface area contributed by atoms with Crippen molar-refractivity contribution in [3.05, 3.63) is 65.4 Å². The topological polar surface area (TPSA) is 125 Å². The summed E-state index contributed by atoms with van der Waals surface area (Å²) in [7, 11) is 0.491. The molecule has 0 spiro atoms. The van der Waals surface area contributed by atoms with Crippen LogP contribution in [0.5, 0.6) is 5.75 Å². The number of anilines is 4. The monoisotopic (exact) mass is 536 g/mol. The molecule has 0 radical (unpaired) electrons. The molecule has 37 heavy (non-hydrogen) atoms. The largest absolute Gasteiger partial charge is 0.508 e. The van der Waals surface area contributed by atoms with Gasteiger partial charge in [-0.2, -0.15) is 23.0 Å². The molecule has 13 heteroatoms. The number of nitrogens with one attached hydrogen (secondary N) is 3. The van der Waals surface area contributed by atoms with Gasteiger partial charge >= 0.3 is 14.2 Å². The molecule has 0 bridgehead atoms. The average Bonchev–Trinajstić information content (AvgIpc) is 2.87. The summed E-state index contributed by atoms with van der Waals surface area (Å²) in [6, 6.07) is 11.1. The molecule has 2 unspecified atom stereocenters. The van der Waals surface area contributed by atoms with E-state index in [0.29, 0.717) is 30.5 Å². The Balaban J connectivity index is 1.95. The molecular formula is C24H26F3N5O4P+. The fourth-order valence-electron chi connectivity index (χ4n) is 3.53. The second-order valence-electron chi connectivity index (χ2n) is 7.93. The first-order valence-electron chi connectivity index (χ1n) is 11.2. The molecule has 0 fully saturated rings. The highest BCUT2D eigenvalue weighted by atomic mass is 31.1. The minimum Gasteiger partial charge on any atom is -0.495 e. The number of carbonyl (C=O) groups excluding carboxylic acids is 1. The summed E-state index contributed by atoms with van der Waals surface area (Å²) in [5.74, 6) is -0.827.